The maximum atomic E-state index is 13.3. The lowest BCUT2D eigenvalue weighted by Crippen LogP contribution is -2.38. The summed E-state index contributed by atoms with van der Waals surface area (Å²) in [6, 6.07) is 17.1. The Morgan fingerprint density at radius 3 is 2.53 bits per heavy atom. The lowest BCUT2D eigenvalue weighted by atomic mass is 10.1. The Morgan fingerprint density at radius 1 is 1.23 bits per heavy atom. The summed E-state index contributed by atoms with van der Waals surface area (Å²) in [6.45, 7) is 3.11. The third kappa shape index (κ3) is 4.95. The van der Waals surface area contributed by atoms with Gasteiger partial charge in [-0.25, -0.2) is 0 Å². The topological polar surface area (TPSA) is 73.6 Å². The van der Waals surface area contributed by atoms with E-state index >= 15 is 0 Å². The summed E-state index contributed by atoms with van der Waals surface area (Å²) in [4.78, 5) is 30.3. The fraction of sp³-hybridized carbons (Fsp3) is 0.348. The van der Waals surface area contributed by atoms with Gasteiger partial charge in [0.25, 0.3) is 0 Å². The molecule has 1 unspecified atom stereocenters. The van der Waals surface area contributed by atoms with Gasteiger partial charge < -0.3 is 14.5 Å². The predicted molar refractivity (Wildman–Crippen MR) is 119 cm³/mol. The van der Waals surface area contributed by atoms with Crippen LogP contribution in [0, 0.1) is 17.2 Å². The van der Waals surface area contributed by atoms with E-state index < -0.39 is 5.92 Å². The van der Waals surface area contributed by atoms with E-state index in [1.165, 1.54) is 0 Å². The minimum Gasteiger partial charge on any atom is -0.494 e. The molecule has 0 saturated carbocycles. The molecule has 2 aromatic carbocycles. The first-order valence-electron chi connectivity index (χ1n) is 9.93. The molecule has 0 N–H and O–H groups in total. The molecule has 2 amide bonds. The molecule has 0 radical (unpaired) electrons. The summed E-state index contributed by atoms with van der Waals surface area (Å²) in [7, 11) is 0. The molecule has 3 rings (SSSR count). The molecular formula is C23H25N3O3S. The van der Waals surface area contributed by atoms with Crippen molar-refractivity contribution in [3.05, 3.63) is 48.5 Å². The Labute approximate surface area is 181 Å². The first kappa shape index (κ1) is 21.7. The van der Waals surface area contributed by atoms with Gasteiger partial charge in [0.2, 0.25) is 11.8 Å². The number of hydrogen-bond donors (Lipinski definition) is 0. The Hall–Kier alpha value is -2.98. The van der Waals surface area contributed by atoms with E-state index in [0.29, 0.717) is 18.8 Å². The zero-order valence-corrected chi connectivity index (χ0v) is 18.0. The maximum absolute atomic E-state index is 13.3. The summed E-state index contributed by atoms with van der Waals surface area (Å²) in [5.74, 6) is 0.0935. The number of benzene rings is 2. The summed E-state index contributed by atoms with van der Waals surface area (Å²) in [6.07, 6.45) is 2.39. The maximum Gasteiger partial charge on any atom is 0.232 e. The third-order valence-electron chi connectivity index (χ3n) is 5.03. The van der Waals surface area contributed by atoms with Gasteiger partial charge in [0.1, 0.15) is 5.75 Å². The molecule has 1 aliphatic heterocycles. The number of carbonyl (C=O) groups excluding carboxylic acids is 2. The highest BCUT2D eigenvalue weighted by molar-refractivity contribution is 7.98. The van der Waals surface area contributed by atoms with Crippen LogP contribution in [0.25, 0.3) is 0 Å². The van der Waals surface area contributed by atoms with E-state index in [1.807, 2.05) is 61.7 Å². The largest absolute Gasteiger partial charge is 0.494 e. The molecule has 2 aromatic rings. The average molecular weight is 424 g/mol. The van der Waals surface area contributed by atoms with Crippen LogP contribution in [0.1, 0.15) is 19.8 Å². The lowest BCUT2D eigenvalue weighted by Gasteiger charge is -2.25. The standard InChI is InChI=1S/C23H25N3O3S/c1-3-29-20-9-5-18(6-10-20)25(14-4-13-24)23(28)17-15-22(27)26(16-17)19-7-11-21(30-2)12-8-19/h5-12,17H,3-4,14-16H2,1-2H3. The molecule has 30 heavy (non-hydrogen) atoms. The van der Waals surface area contributed by atoms with Crippen LogP contribution >= 0.6 is 11.8 Å². The summed E-state index contributed by atoms with van der Waals surface area (Å²) < 4.78 is 5.47. The van der Waals surface area contributed by atoms with Crippen LogP contribution in [0.15, 0.2) is 53.4 Å². The second-order valence-electron chi connectivity index (χ2n) is 6.93. The molecule has 1 fully saturated rings. The monoisotopic (exact) mass is 423 g/mol. The Balaban J connectivity index is 1.77. The fourth-order valence-corrected chi connectivity index (χ4v) is 3.93. The minimum atomic E-state index is -0.442. The molecule has 7 heteroatoms. The number of amides is 2. The number of nitrogens with zero attached hydrogens (tertiary/aromatic N) is 3. The van der Waals surface area contributed by atoms with E-state index in [0.717, 1.165) is 16.3 Å². The summed E-state index contributed by atoms with van der Waals surface area (Å²) in [5.41, 5.74) is 1.51. The smallest absolute Gasteiger partial charge is 0.232 e. The van der Waals surface area contributed by atoms with Crippen LogP contribution in [0.4, 0.5) is 11.4 Å². The SMILES string of the molecule is CCOc1ccc(N(CCC#N)C(=O)C2CC(=O)N(c3ccc(SC)cc3)C2)cc1. The van der Waals surface area contributed by atoms with E-state index in [-0.39, 0.29) is 31.2 Å². The first-order chi connectivity index (χ1) is 14.6. The van der Waals surface area contributed by atoms with Gasteiger partial charge in [-0.05, 0) is 61.7 Å². The van der Waals surface area contributed by atoms with Crippen LogP contribution in [0.2, 0.25) is 0 Å². The average Bonchev–Trinajstić information content (AvgIpc) is 3.17. The highest BCUT2D eigenvalue weighted by atomic mass is 32.2. The minimum absolute atomic E-state index is 0.0582. The highest BCUT2D eigenvalue weighted by Gasteiger charge is 2.37. The molecule has 6 nitrogen and oxygen atoms in total. The molecule has 0 aliphatic carbocycles. The van der Waals surface area contributed by atoms with Gasteiger partial charge in [-0.1, -0.05) is 0 Å². The Morgan fingerprint density at radius 2 is 1.93 bits per heavy atom. The van der Waals surface area contributed by atoms with Crippen molar-refractivity contribution in [2.75, 3.05) is 35.8 Å². The number of nitriles is 1. The van der Waals surface area contributed by atoms with Gasteiger partial charge in [-0.2, -0.15) is 5.26 Å². The zero-order chi connectivity index (χ0) is 21.5. The highest BCUT2D eigenvalue weighted by Crippen LogP contribution is 2.30. The van der Waals surface area contributed by atoms with Gasteiger partial charge in [0.15, 0.2) is 0 Å². The normalized spacial score (nSPS) is 15.7. The van der Waals surface area contributed by atoms with E-state index in [4.69, 9.17) is 10.00 Å². The zero-order valence-electron chi connectivity index (χ0n) is 17.2. The molecular weight excluding hydrogens is 398 g/mol. The van der Waals surface area contributed by atoms with Gasteiger partial charge in [-0.15, -0.1) is 11.8 Å². The van der Waals surface area contributed by atoms with Gasteiger partial charge in [0.05, 0.1) is 25.0 Å². The molecule has 0 aromatic heterocycles. The van der Waals surface area contributed by atoms with Crippen LogP contribution in [-0.4, -0.2) is 37.8 Å². The van der Waals surface area contributed by atoms with E-state index in [2.05, 4.69) is 6.07 Å². The number of rotatable bonds is 8. The Kier molecular flexibility index (Phi) is 7.36. The second-order valence-corrected chi connectivity index (χ2v) is 7.81. The summed E-state index contributed by atoms with van der Waals surface area (Å²) >= 11 is 1.64. The molecule has 1 atom stereocenters. The second kappa shape index (κ2) is 10.2. The van der Waals surface area contributed by atoms with E-state index in [1.54, 1.807) is 21.6 Å². The van der Waals surface area contributed by atoms with Gasteiger partial charge in [0, 0.05) is 35.8 Å². The van der Waals surface area contributed by atoms with Crippen molar-refractivity contribution >= 4 is 35.0 Å². The van der Waals surface area contributed by atoms with Crippen molar-refractivity contribution in [2.45, 2.75) is 24.7 Å². The molecule has 156 valence electrons. The number of hydrogen-bond acceptors (Lipinski definition) is 5. The van der Waals surface area contributed by atoms with Crippen LogP contribution in [-0.2, 0) is 9.59 Å². The number of anilines is 2. The number of thioether (sulfide) groups is 1. The van der Waals surface area contributed by atoms with E-state index in [9.17, 15) is 9.59 Å². The van der Waals surface area contributed by atoms with Gasteiger partial charge in [-0.3, -0.25) is 9.59 Å². The first-order valence-corrected chi connectivity index (χ1v) is 11.2. The number of ether oxygens (including phenoxy) is 1. The molecule has 1 heterocycles. The van der Waals surface area contributed by atoms with Crippen molar-refractivity contribution in [1.82, 2.24) is 0 Å². The van der Waals surface area contributed by atoms with Crippen LogP contribution in [0.3, 0.4) is 0 Å². The fourth-order valence-electron chi connectivity index (χ4n) is 3.52. The Bertz CT molecular complexity index is 922. The van der Waals surface area contributed by atoms with Crippen molar-refractivity contribution in [3.8, 4) is 11.8 Å². The van der Waals surface area contributed by atoms with Gasteiger partial charge >= 0.3 is 0 Å². The van der Waals surface area contributed by atoms with Crippen molar-refractivity contribution in [2.24, 2.45) is 5.92 Å². The molecule has 1 aliphatic rings. The molecule has 0 spiro atoms. The quantitative estimate of drug-likeness (QED) is 0.598. The molecule has 1 saturated heterocycles. The summed E-state index contributed by atoms with van der Waals surface area (Å²) in [5, 5.41) is 9.03. The van der Waals surface area contributed by atoms with Crippen LogP contribution in [0.5, 0.6) is 5.75 Å². The predicted octanol–water partition coefficient (Wildman–Crippen LogP) is 4.11. The van der Waals surface area contributed by atoms with Crippen molar-refractivity contribution in [1.29, 1.82) is 5.26 Å². The number of carbonyl (C=O) groups is 2. The molecule has 0 bridgehead atoms. The lowest BCUT2D eigenvalue weighted by molar-refractivity contribution is -0.124. The van der Waals surface area contributed by atoms with Crippen molar-refractivity contribution in [3.63, 3.8) is 0 Å². The van der Waals surface area contributed by atoms with Crippen molar-refractivity contribution < 1.29 is 14.3 Å². The van der Waals surface area contributed by atoms with Crippen LogP contribution < -0.4 is 14.5 Å². The third-order valence-corrected chi connectivity index (χ3v) is 5.77.